The average Bonchev–Trinajstić information content (AvgIpc) is 2.98. The Hall–Kier alpha value is -3.01. The van der Waals surface area contributed by atoms with Gasteiger partial charge in [-0.25, -0.2) is 9.59 Å². The number of hydrogen-bond acceptors (Lipinski definition) is 8. The van der Waals surface area contributed by atoms with E-state index in [-0.39, 0.29) is 29.2 Å². The first-order valence-corrected chi connectivity index (χ1v) is 8.06. The molecule has 1 aromatic carbocycles. The van der Waals surface area contributed by atoms with Crippen LogP contribution < -0.4 is 5.32 Å². The van der Waals surface area contributed by atoms with Gasteiger partial charge in [-0.05, 0) is 32.0 Å². The summed E-state index contributed by atoms with van der Waals surface area (Å²) < 4.78 is 9.90. The minimum absolute atomic E-state index is 0.000806. The summed E-state index contributed by atoms with van der Waals surface area (Å²) in [4.78, 5) is 45.9. The van der Waals surface area contributed by atoms with Crippen LogP contribution in [0.2, 0.25) is 0 Å². The van der Waals surface area contributed by atoms with Crippen LogP contribution in [0.4, 0.5) is 11.4 Å². The molecule has 132 valence electrons. The summed E-state index contributed by atoms with van der Waals surface area (Å²) in [5, 5.41) is 13.8. The van der Waals surface area contributed by atoms with E-state index in [1.165, 1.54) is 25.1 Å². The van der Waals surface area contributed by atoms with E-state index >= 15 is 0 Å². The molecule has 0 bridgehead atoms. The van der Waals surface area contributed by atoms with Crippen molar-refractivity contribution in [1.29, 1.82) is 0 Å². The summed E-state index contributed by atoms with van der Waals surface area (Å²) in [6.07, 6.45) is 0. The van der Waals surface area contributed by atoms with Crippen LogP contribution in [-0.2, 0) is 19.1 Å². The summed E-state index contributed by atoms with van der Waals surface area (Å²) in [5.74, 6) is -2.85. The van der Waals surface area contributed by atoms with Gasteiger partial charge in [0.05, 0.1) is 23.5 Å². The highest BCUT2D eigenvalue weighted by atomic mass is 32.1. The van der Waals surface area contributed by atoms with Crippen molar-refractivity contribution >= 4 is 50.6 Å². The topological polar surface area (TPSA) is 125 Å². The van der Waals surface area contributed by atoms with E-state index < -0.39 is 28.5 Å². The van der Waals surface area contributed by atoms with Crippen molar-refractivity contribution in [2.75, 3.05) is 18.5 Å². The first-order chi connectivity index (χ1) is 11.9. The third kappa shape index (κ3) is 3.91. The summed E-state index contributed by atoms with van der Waals surface area (Å²) in [5.41, 5.74) is -0.578. The van der Waals surface area contributed by atoms with E-state index in [4.69, 9.17) is 4.74 Å². The fourth-order valence-electron chi connectivity index (χ4n) is 2.07. The standard InChI is InChI=1S/C15H14N2O7S/c1-3-23-14(19)11-7-8-10(25-11)6-5-9(12(8)17(21)22)16-13(18)15(20)24-4-2/h5-7H,3-4H2,1-2H3,(H,16,18). The normalized spacial score (nSPS) is 10.3. The zero-order valence-electron chi connectivity index (χ0n) is 13.4. The zero-order chi connectivity index (χ0) is 18.6. The SMILES string of the molecule is CCOC(=O)C(=O)Nc1ccc2sc(C(=O)OCC)cc2c1[N+](=O)[O-]. The van der Waals surface area contributed by atoms with Crippen LogP contribution in [0, 0.1) is 10.1 Å². The number of amides is 1. The maximum atomic E-state index is 11.8. The number of rotatable bonds is 5. The molecule has 9 nitrogen and oxygen atoms in total. The van der Waals surface area contributed by atoms with Gasteiger partial charge in [-0.2, -0.15) is 0 Å². The smallest absolute Gasteiger partial charge is 0.397 e. The summed E-state index contributed by atoms with van der Waals surface area (Å²) in [6.45, 7) is 3.36. The van der Waals surface area contributed by atoms with Gasteiger partial charge in [0.15, 0.2) is 0 Å². The Labute approximate surface area is 145 Å². The Kier molecular flexibility index (Phi) is 5.65. The molecule has 0 saturated carbocycles. The van der Waals surface area contributed by atoms with Gasteiger partial charge < -0.3 is 14.8 Å². The summed E-state index contributed by atoms with van der Waals surface area (Å²) in [6, 6.07) is 4.13. The second-order valence-corrected chi connectivity index (χ2v) is 5.72. The van der Waals surface area contributed by atoms with Crippen LogP contribution in [0.15, 0.2) is 18.2 Å². The fourth-order valence-corrected chi connectivity index (χ4v) is 3.02. The molecular weight excluding hydrogens is 352 g/mol. The average molecular weight is 366 g/mol. The molecule has 1 N–H and O–H groups in total. The van der Waals surface area contributed by atoms with E-state index in [0.29, 0.717) is 4.70 Å². The zero-order valence-corrected chi connectivity index (χ0v) is 14.2. The molecular formula is C15H14N2O7S. The second kappa shape index (κ2) is 7.71. The molecule has 25 heavy (non-hydrogen) atoms. The second-order valence-electron chi connectivity index (χ2n) is 4.64. The van der Waals surface area contributed by atoms with E-state index in [1.807, 2.05) is 0 Å². The van der Waals surface area contributed by atoms with Gasteiger partial charge in [-0.3, -0.25) is 14.9 Å². The Bertz CT molecular complexity index is 859. The van der Waals surface area contributed by atoms with Crippen LogP contribution in [0.1, 0.15) is 23.5 Å². The number of nitro groups is 1. The number of anilines is 1. The van der Waals surface area contributed by atoms with Crippen LogP contribution in [0.5, 0.6) is 0 Å². The number of fused-ring (bicyclic) bond motifs is 1. The van der Waals surface area contributed by atoms with E-state index in [0.717, 1.165) is 11.3 Å². The lowest BCUT2D eigenvalue weighted by atomic mass is 10.2. The molecule has 0 aliphatic heterocycles. The van der Waals surface area contributed by atoms with Crippen LogP contribution >= 0.6 is 11.3 Å². The number of esters is 2. The molecule has 0 aliphatic carbocycles. The summed E-state index contributed by atoms with van der Waals surface area (Å²) in [7, 11) is 0. The van der Waals surface area contributed by atoms with Crippen molar-refractivity contribution in [3.05, 3.63) is 33.2 Å². The number of benzene rings is 1. The highest BCUT2D eigenvalue weighted by Gasteiger charge is 2.25. The third-order valence-corrected chi connectivity index (χ3v) is 4.12. The largest absolute Gasteiger partial charge is 0.462 e. The van der Waals surface area contributed by atoms with Gasteiger partial charge in [-0.15, -0.1) is 11.3 Å². The molecule has 0 fully saturated rings. The molecule has 2 aromatic rings. The highest BCUT2D eigenvalue weighted by Crippen LogP contribution is 2.38. The van der Waals surface area contributed by atoms with Gasteiger partial charge in [-0.1, -0.05) is 0 Å². The molecule has 0 radical (unpaired) electrons. The van der Waals surface area contributed by atoms with Crippen molar-refractivity contribution in [1.82, 2.24) is 0 Å². The van der Waals surface area contributed by atoms with Gasteiger partial charge in [0.2, 0.25) is 0 Å². The molecule has 0 saturated heterocycles. The molecule has 0 atom stereocenters. The van der Waals surface area contributed by atoms with Crippen molar-refractivity contribution < 1.29 is 28.8 Å². The lowest BCUT2D eigenvalue weighted by Crippen LogP contribution is -2.25. The van der Waals surface area contributed by atoms with E-state index in [9.17, 15) is 24.5 Å². The van der Waals surface area contributed by atoms with Crippen LogP contribution in [-0.4, -0.2) is 36.0 Å². The lowest BCUT2D eigenvalue weighted by Gasteiger charge is -2.06. The van der Waals surface area contributed by atoms with Gasteiger partial charge in [0.25, 0.3) is 0 Å². The molecule has 2 rings (SSSR count). The number of thiophene rings is 1. The maximum Gasteiger partial charge on any atom is 0.397 e. The minimum Gasteiger partial charge on any atom is -0.462 e. The fraction of sp³-hybridized carbons (Fsp3) is 0.267. The Morgan fingerprint density at radius 3 is 2.48 bits per heavy atom. The van der Waals surface area contributed by atoms with E-state index in [2.05, 4.69) is 10.1 Å². The predicted molar refractivity (Wildman–Crippen MR) is 89.7 cm³/mol. The first-order valence-electron chi connectivity index (χ1n) is 7.25. The molecule has 0 spiro atoms. The maximum absolute atomic E-state index is 11.8. The number of carbonyl (C=O) groups is 3. The molecule has 10 heteroatoms. The number of hydrogen-bond donors (Lipinski definition) is 1. The number of nitro benzene ring substituents is 1. The highest BCUT2D eigenvalue weighted by molar-refractivity contribution is 7.20. The Balaban J connectivity index is 2.46. The lowest BCUT2D eigenvalue weighted by molar-refractivity contribution is -0.382. The van der Waals surface area contributed by atoms with Crippen molar-refractivity contribution in [2.24, 2.45) is 0 Å². The predicted octanol–water partition coefficient (Wildman–Crippen LogP) is 2.49. The Morgan fingerprint density at radius 2 is 1.88 bits per heavy atom. The Morgan fingerprint density at radius 1 is 1.20 bits per heavy atom. The van der Waals surface area contributed by atoms with Gasteiger partial charge in [0.1, 0.15) is 10.6 Å². The number of nitrogens with one attached hydrogen (secondary N) is 1. The number of ether oxygens (including phenoxy) is 2. The first kappa shape index (κ1) is 18.3. The third-order valence-electron chi connectivity index (χ3n) is 3.04. The molecule has 1 amide bonds. The molecule has 0 aliphatic rings. The van der Waals surface area contributed by atoms with Crippen LogP contribution in [0.25, 0.3) is 10.1 Å². The van der Waals surface area contributed by atoms with Crippen molar-refractivity contribution in [3.8, 4) is 0 Å². The van der Waals surface area contributed by atoms with Gasteiger partial charge >= 0.3 is 23.5 Å². The quantitative estimate of drug-likeness (QED) is 0.373. The van der Waals surface area contributed by atoms with Crippen LogP contribution in [0.3, 0.4) is 0 Å². The molecule has 1 aromatic heterocycles. The molecule has 1 heterocycles. The van der Waals surface area contributed by atoms with Gasteiger partial charge in [0, 0.05) is 4.70 Å². The van der Waals surface area contributed by atoms with Crippen molar-refractivity contribution in [2.45, 2.75) is 13.8 Å². The van der Waals surface area contributed by atoms with E-state index in [1.54, 1.807) is 6.92 Å². The number of carbonyl (C=O) groups excluding carboxylic acids is 3. The van der Waals surface area contributed by atoms with Crippen molar-refractivity contribution in [3.63, 3.8) is 0 Å². The summed E-state index contributed by atoms with van der Waals surface area (Å²) >= 11 is 1.04. The molecule has 0 unspecified atom stereocenters. The minimum atomic E-state index is -1.14. The monoisotopic (exact) mass is 366 g/mol. The number of nitrogens with zero attached hydrogens (tertiary/aromatic N) is 1.